The molecule has 6 nitrogen and oxygen atoms in total. The van der Waals surface area contributed by atoms with Crippen LogP contribution in [0.15, 0.2) is 5.16 Å². The van der Waals surface area contributed by atoms with Crippen molar-refractivity contribution in [1.82, 2.24) is 20.1 Å². The molecule has 21 heavy (non-hydrogen) atoms. The van der Waals surface area contributed by atoms with Gasteiger partial charge in [-0.15, -0.1) is 10.2 Å². The Hall–Kier alpha value is -1.08. The highest BCUT2D eigenvalue weighted by Gasteiger charge is 2.31. The van der Waals surface area contributed by atoms with Crippen molar-refractivity contribution in [2.75, 3.05) is 0 Å². The first kappa shape index (κ1) is 16.3. The molecule has 2 rings (SSSR count). The maximum atomic E-state index is 12.3. The van der Waals surface area contributed by atoms with Gasteiger partial charge in [-0.25, -0.2) is 0 Å². The summed E-state index contributed by atoms with van der Waals surface area (Å²) in [5.41, 5.74) is 5.53. The van der Waals surface area contributed by atoms with Gasteiger partial charge in [-0.3, -0.25) is 4.79 Å². The number of rotatable bonds is 7. The molecule has 1 fully saturated rings. The molecule has 1 aromatic rings. The summed E-state index contributed by atoms with van der Waals surface area (Å²) in [6.45, 7) is 8.41. The zero-order valence-electron chi connectivity index (χ0n) is 13.2. The molecule has 1 amide bonds. The zero-order chi connectivity index (χ0) is 15.6. The molecule has 0 aromatic carbocycles. The lowest BCUT2D eigenvalue weighted by Gasteiger charge is -2.26. The Balaban J connectivity index is 2.04. The van der Waals surface area contributed by atoms with Crippen LogP contribution in [-0.2, 0) is 11.3 Å². The van der Waals surface area contributed by atoms with Crippen LogP contribution in [0.1, 0.15) is 58.8 Å². The third kappa shape index (κ3) is 3.97. The van der Waals surface area contributed by atoms with Gasteiger partial charge in [0.25, 0.3) is 0 Å². The van der Waals surface area contributed by atoms with Gasteiger partial charge < -0.3 is 15.6 Å². The second kappa shape index (κ2) is 6.36. The van der Waals surface area contributed by atoms with Crippen LogP contribution >= 0.6 is 11.8 Å². The first-order valence-electron chi connectivity index (χ1n) is 7.50. The lowest BCUT2D eigenvalue weighted by atomic mass is 10.0. The summed E-state index contributed by atoms with van der Waals surface area (Å²) >= 11 is 1.46. The highest BCUT2D eigenvalue weighted by molar-refractivity contribution is 8.00. The van der Waals surface area contributed by atoms with Gasteiger partial charge in [0.1, 0.15) is 5.82 Å². The number of thioether (sulfide) groups is 1. The second-order valence-corrected chi connectivity index (χ2v) is 7.50. The normalized spacial score (nSPS) is 16.8. The number of nitrogens with zero attached hydrogens (tertiary/aromatic N) is 3. The first-order valence-corrected chi connectivity index (χ1v) is 8.38. The molecule has 1 unspecified atom stereocenters. The average molecular weight is 311 g/mol. The minimum atomic E-state index is -0.205. The van der Waals surface area contributed by atoms with Gasteiger partial charge in [-0.2, -0.15) is 0 Å². The standard InChI is InChI=1S/C14H25N5OS/c1-5-14(3,4)16-12(20)9(2)21-13-18-17-11(8-15)19(13)10-6-7-10/h9-10H,5-8,15H2,1-4H3,(H,16,20). The van der Waals surface area contributed by atoms with Gasteiger partial charge in [0.2, 0.25) is 5.91 Å². The average Bonchev–Trinajstić information content (AvgIpc) is 3.19. The molecule has 1 saturated carbocycles. The largest absolute Gasteiger partial charge is 0.350 e. The van der Waals surface area contributed by atoms with Crippen LogP contribution in [0.25, 0.3) is 0 Å². The number of nitrogens with two attached hydrogens (primary N) is 1. The molecule has 1 aromatic heterocycles. The first-order chi connectivity index (χ1) is 9.88. The molecule has 1 atom stereocenters. The summed E-state index contributed by atoms with van der Waals surface area (Å²) in [6.07, 6.45) is 3.18. The molecule has 0 spiro atoms. The molecule has 1 aliphatic carbocycles. The van der Waals surface area contributed by atoms with Crippen molar-refractivity contribution in [1.29, 1.82) is 0 Å². The topological polar surface area (TPSA) is 85.8 Å². The van der Waals surface area contributed by atoms with E-state index in [0.29, 0.717) is 12.6 Å². The molecule has 0 radical (unpaired) electrons. The van der Waals surface area contributed by atoms with Crippen LogP contribution in [0.2, 0.25) is 0 Å². The minimum absolute atomic E-state index is 0.0338. The monoisotopic (exact) mass is 311 g/mol. The van der Waals surface area contributed by atoms with Gasteiger partial charge in [0.15, 0.2) is 5.16 Å². The van der Waals surface area contributed by atoms with Crippen LogP contribution in [-0.4, -0.2) is 31.5 Å². The maximum Gasteiger partial charge on any atom is 0.233 e. The van der Waals surface area contributed by atoms with Gasteiger partial charge >= 0.3 is 0 Å². The van der Waals surface area contributed by atoms with E-state index in [2.05, 4.69) is 27.0 Å². The van der Waals surface area contributed by atoms with Crippen molar-refractivity contribution in [2.45, 2.75) is 75.5 Å². The third-order valence-corrected chi connectivity index (χ3v) is 4.88. The lowest BCUT2D eigenvalue weighted by molar-refractivity contribution is -0.121. The second-order valence-electron chi connectivity index (χ2n) is 6.19. The van der Waals surface area contributed by atoms with E-state index in [4.69, 9.17) is 5.73 Å². The molecule has 0 saturated heterocycles. The van der Waals surface area contributed by atoms with E-state index < -0.39 is 0 Å². The van der Waals surface area contributed by atoms with E-state index >= 15 is 0 Å². The predicted molar refractivity (Wildman–Crippen MR) is 84.0 cm³/mol. The third-order valence-electron chi connectivity index (χ3n) is 3.83. The Labute approximate surface area is 130 Å². The number of hydrogen-bond donors (Lipinski definition) is 2. The lowest BCUT2D eigenvalue weighted by Crippen LogP contribution is -2.46. The summed E-state index contributed by atoms with van der Waals surface area (Å²) in [5, 5.41) is 12.0. The van der Waals surface area contributed by atoms with Gasteiger partial charge in [-0.1, -0.05) is 18.7 Å². The van der Waals surface area contributed by atoms with Crippen LogP contribution in [0.5, 0.6) is 0 Å². The molecule has 3 N–H and O–H groups in total. The van der Waals surface area contributed by atoms with Crippen molar-refractivity contribution in [3.05, 3.63) is 5.82 Å². The molecule has 1 aliphatic rings. The highest BCUT2D eigenvalue weighted by Crippen LogP contribution is 2.39. The highest BCUT2D eigenvalue weighted by atomic mass is 32.2. The Bertz CT molecular complexity index is 509. The zero-order valence-corrected chi connectivity index (χ0v) is 14.0. The fourth-order valence-electron chi connectivity index (χ4n) is 1.96. The van der Waals surface area contributed by atoms with Crippen molar-refractivity contribution in [3.63, 3.8) is 0 Å². The molecule has 0 aliphatic heterocycles. The Morgan fingerprint density at radius 2 is 2.19 bits per heavy atom. The van der Waals surface area contributed by atoms with Crippen molar-refractivity contribution < 1.29 is 4.79 Å². The molecule has 1 heterocycles. The smallest absolute Gasteiger partial charge is 0.233 e. The van der Waals surface area contributed by atoms with E-state index in [1.165, 1.54) is 11.8 Å². The summed E-state index contributed by atoms with van der Waals surface area (Å²) in [7, 11) is 0. The number of aromatic nitrogens is 3. The van der Waals surface area contributed by atoms with Crippen LogP contribution in [0.4, 0.5) is 0 Å². The Kier molecular flexibility index (Phi) is 4.93. The summed E-state index contributed by atoms with van der Waals surface area (Å²) < 4.78 is 2.10. The van der Waals surface area contributed by atoms with Gasteiger partial charge in [0, 0.05) is 11.6 Å². The van der Waals surface area contributed by atoms with Crippen molar-refractivity contribution >= 4 is 17.7 Å². The SMILES string of the molecule is CCC(C)(C)NC(=O)C(C)Sc1nnc(CN)n1C1CC1. The van der Waals surface area contributed by atoms with Crippen molar-refractivity contribution in [3.8, 4) is 0 Å². The Morgan fingerprint density at radius 3 is 2.71 bits per heavy atom. The fraction of sp³-hybridized carbons (Fsp3) is 0.786. The van der Waals surface area contributed by atoms with Crippen molar-refractivity contribution in [2.24, 2.45) is 5.73 Å². The van der Waals surface area contributed by atoms with E-state index in [9.17, 15) is 4.79 Å². The van der Waals surface area contributed by atoms with E-state index in [-0.39, 0.29) is 16.7 Å². The summed E-state index contributed by atoms with van der Waals surface area (Å²) in [4.78, 5) is 12.3. The van der Waals surface area contributed by atoms with Crippen LogP contribution in [0, 0.1) is 0 Å². The van der Waals surface area contributed by atoms with Gasteiger partial charge in [-0.05, 0) is 40.0 Å². The molecule has 7 heteroatoms. The number of carbonyl (C=O) groups is 1. The molecule has 0 bridgehead atoms. The van der Waals surface area contributed by atoms with E-state index in [1.807, 2.05) is 20.8 Å². The van der Waals surface area contributed by atoms with E-state index in [1.54, 1.807) is 0 Å². The minimum Gasteiger partial charge on any atom is -0.350 e. The number of nitrogens with one attached hydrogen (secondary N) is 1. The predicted octanol–water partition coefficient (Wildman–Crippen LogP) is 1.86. The fourth-order valence-corrected chi connectivity index (χ4v) is 2.90. The molecular weight excluding hydrogens is 286 g/mol. The molecular formula is C14H25N5OS. The number of amides is 1. The Morgan fingerprint density at radius 1 is 1.52 bits per heavy atom. The summed E-state index contributed by atoms with van der Waals surface area (Å²) in [5.74, 6) is 0.841. The van der Waals surface area contributed by atoms with E-state index in [0.717, 1.165) is 30.2 Å². The van der Waals surface area contributed by atoms with Crippen LogP contribution in [0.3, 0.4) is 0 Å². The summed E-state index contributed by atoms with van der Waals surface area (Å²) in [6, 6.07) is 0.461. The number of carbonyl (C=O) groups excluding carboxylic acids is 1. The number of hydrogen-bond acceptors (Lipinski definition) is 5. The maximum absolute atomic E-state index is 12.3. The molecule has 118 valence electrons. The van der Waals surface area contributed by atoms with Crippen LogP contribution < -0.4 is 11.1 Å². The van der Waals surface area contributed by atoms with Gasteiger partial charge in [0.05, 0.1) is 11.8 Å². The quantitative estimate of drug-likeness (QED) is 0.751.